The van der Waals surface area contributed by atoms with Crippen molar-refractivity contribution in [3.63, 3.8) is 0 Å². The standard InChI is InChI=1S/C23H25NO4/c1-19-23(28-17-21-10-6-3-7-11-21)22(25)12-13-24(19)18-27-15-14-26-16-20-8-4-2-5-9-20/h2-13H,14-18H2,1H3. The molecule has 2 aromatic carbocycles. The van der Waals surface area contributed by atoms with E-state index in [1.54, 1.807) is 6.20 Å². The van der Waals surface area contributed by atoms with E-state index in [2.05, 4.69) is 0 Å². The third kappa shape index (κ3) is 5.81. The number of aromatic nitrogens is 1. The van der Waals surface area contributed by atoms with Crippen LogP contribution in [0.25, 0.3) is 0 Å². The van der Waals surface area contributed by atoms with E-state index in [4.69, 9.17) is 14.2 Å². The molecule has 28 heavy (non-hydrogen) atoms. The van der Waals surface area contributed by atoms with Crippen molar-refractivity contribution < 1.29 is 14.2 Å². The van der Waals surface area contributed by atoms with Crippen molar-refractivity contribution in [1.82, 2.24) is 4.57 Å². The Balaban J connectivity index is 1.47. The van der Waals surface area contributed by atoms with Crippen LogP contribution in [-0.2, 0) is 29.4 Å². The van der Waals surface area contributed by atoms with Crippen LogP contribution in [0.5, 0.6) is 5.75 Å². The summed E-state index contributed by atoms with van der Waals surface area (Å²) in [5, 5.41) is 0. The Morgan fingerprint density at radius 2 is 1.39 bits per heavy atom. The van der Waals surface area contributed by atoms with Gasteiger partial charge in [-0.2, -0.15) is 0 Å². The number of hydrogen-bond acceptors (Lipinski definition) is 4. The zero-order valence-corrected chi connectivity index (χ0v) is 16.0. The molecule has 0 saturated carbocycles. The Labute approximate surface area is 165 Å². The van der Waals surface area contributed by atoms with Gasteiger partial charge in [-0.05, 0) is 18.1 Å². The lowest BCUT2D eigenvalue weighted by molar-refractivity contribution is 0.0125. The molecule has 0 amide bonds. The summed E-state index contributed by atoms with van der Waals surface area (Å²) in [6.45, 7) is 4.09. The Bertz CT molecular complexity index is 907. The van der Waals surface area contributed by atoms with Crippen molar-refractivity contribution in [2.75, 3.05) is 13.2 Å². The largest absolute Gasteiger partial charge is 0.483 e. The van der Waals surface area contributed by atoms with E-state index in [0.29, 0.717) is 38.9 Å². The molecule has 0 unspecified atom stereocenters. The summed E-state index contributed by atoms with van der Waals surface area (Å²) in [6.07, 6.45) is 1.72. The van der Waals surface area contributed by atoms with Crippen LogP contribution in [0.3, 0.4) is 0 Å². The van der Waals surface area contributed by atoms with Crippen LogP contribution in [0.2, 0.25) is 0 Å². The smallest absolute Gasteiger partial charge is 0.223 e. The molecule has 146 valence electrons. The molecule has 5 nitrogen and oxygen atoms in total. The SMILES string of the molecule is Cc1c(OCc2ccccc2)c(=O)ccn1COCCOCc1ccccc1. The first-order valence-corrected chi connectivity index (χ1v) is 9.30. The molecule has 0 radical (unpaired) electrons. The lowest BCUT2D eigenvalue weighted by atomic mass is 10.2. The lowest BCUT2D eigenvalue weighted by Crippen LogP contribution is -2.17. The maximum Gasteiger partial charge on any atom is 0.223 e. The summed E-state index contributed by atoms with van der Waals surface area (Å²) in [4.78, 5) is 12.2. The Morgan fingerprint density at radius 3 is 2.07 bits per heavy atom. The number of pyridine rings is 1. The van der Waals surface area contributed by atoms with Gasteiger partial charge in [0.1, 0.15) is 13.3 Å². The fourth-order valence-electron chi connectivity index (χ4n) is 2.74. The highest BCUT2D eigenvalue weighted by atomic mass is 16.5. The van der Waals surface area contributed by atoms with Crippen molar-refractivity contribution in [2.45, 2.75) is 26.9 Å². The second kappa shape index (κ2) is 10.4. The summed E-state index contributed by atoms with van der Waals surface area (Å²) in [7, 11) is 0. The molecular weight excluding hydrogens is 354 g/mol. The van der Waals surface area contributed by atoms with E-state index in [1.807, 2.05) is 72.2 Å². The summed E-state index contributed by atoms with van der Waals surface area (Å²) in [5.41, 5.74) is 2.77. The number of rotatable bonds is 10. The van der Waals surface area contributed by atoms with E-state index in [9.17, 15) is 4.79 Å². The minimum atomic E-state index is -0.129. The second-order valence-electron chi connectivity index (χ2n) is 6.41. The van der Waals surface area contributed by atoms with Gasteiger partial charge in [0.15, 0.2) is 5.75 Å². The van der Waals surface area contributed by atoms with Crippen LogP contribution in [0.15, 0.2) is 77.7 Å². The summed E-state index contributed by atoms with van der Waals surface area (Å²) >= 11 is 0. The number of nitrogens with zero attached hydrogens (tertiary/aromatic N) is 1. The first kappa shape index (κ1) is 19.9. The topological polar surface area (TPSA) is 49.7 Å². The van der Waals surface area contributed by atoms with Crippen molar-refractivity contribution >= 4 is 0 Å². The van der Waals surface area contributed by atoms with Gasteiger partial charge < -0.3 is 18.8 Å². The molecule has 1 heterocycles. The van der Waals surface area contributed by atoms with Crippen molar-refractivity contribution in [3.05, 3.63) is 100.0 Å². The predicted molar refractivity (Wildman–Crippen MR) is 108 cm³/mol. The molecule has 1 aromatic heterocycles. The van der Waals surface area contributed by atoms with Gasteiger partial charge in [-0.1, -0.05) is 60.7 Å². The van der Waals surface area contributed by atoms with Gasteiger partial charge >= 0.3 is 0 Å². The molecule has 0 spiro atoms. The monoisotopic (exact) mass is 379 g/mol. The summed E-state index contributed by atoms with van der Waals surface area (Å²) < 4.78 is 18.9. The predicted octanol–water partition coefficient (Wildman–Crippen LogP) is 3.93. The summed E-state index contributed by atoms with van der Waals surface area (Å²) in [5.74, 6) is 0.357. The van der Waals surface area contributed by atoms with E-state index in [0.717, 1.165) is 16.8 Å². The zero-order chi connectivity index (χ0) is 19.6. The molecule has 0 N–H and O–H groups in total. The quantitative estimate of drug-likeness (QED) is 0.501. The van der Waals surface area contributed by atoms with Gasteiger partial charge in [-0.15, -0.1) is 0 Å². The average Bonchev–Trinajstić information content (AvgIpc) is 2.73. The molecule has 0 atom stereocenters. The van der Waals surface area contributed by atoms with Crippen molar-refractivity contribution in [1.29, 1.82) is 0 Å². The van der Waals surface area contributed by atoms with E-state index in [-0.39, 0.29) is 5.43 Å². The molecule has 0 fully saturated rings. The van der Waals surface area contributed by atoms with Gasteiger partial charge in [0, 0.05) is 12.3 Å². The highest BCUT2D eigenvalue weighted by Crippen LogP contribution is 2.14. The average molecular weight is 379 g/mol. The third-order valence-corrected chi connectivity index (χ3v) is 4.33. The van der Waals surface area contributed by atoms with Crippen LogP contribution in [0.1, 0.15) is 16.8 Å². The maximum absolute atomic E-state index is 12.2. The van der Waals surface area contributed by atoms with E-state index >= 15 is 0 Å². The number of benzene rings is 2. The fraction of sp³-hybridized carbons (Fsp3) is 0.261. The minimum Gasteiger partial charge on any atom is -0.483 e. The van der Waals surface area contributed by atoms with Gasteiger partial charge in [0.25, 0.3) is 0 Å². The molecule has 0 aliphatic carbocycles. The lowest BCUT2D eigenvalue weighted by Gasteiger charge is -2.15. The van der Waals surface area contributed by atoms with Crippen molar-refractivity contribution in [2.24, 2.45) is 0 Å². The Morgan fingerprint density at radius 1 is 0.786 bits per heavy atom. The van der Waals surface area contributed by atoms with Crippen LogP contribution in [-0.4, -0.2) is 17.8 Å². The fourth-order valence-corrected chi connectivity index (χ4v) is 2.74. The van der Waals surface area contributed by atoms with E-state index < -0.39 is 0 Å². The van der Waals surface area contributed by atoms with E-state index in [1.165, 1.54) is 6.07 Å². The second-order valence-corrected chi connectivity index (χ2v) is 6.41. The normalized spacial score (nSPS) is 10.8. The molecule has 0 saturated heterocycles. The minimum absolute atomic E-state index is 0.129. The highest BCUT2D eigenvalue weighted by Gasteiger charge is 2.09. The van der Waals surface area contributed by atoms with Gasteiger partial charge in [0.05, 0.1) is 25.5 Å². The molecule has 0 aliphatic heterocycles. The van der Waals surface area contributed by atoms with Crippen LogP contribution >= 0.6 is 0 Å². The molecule has 3 aromatic rings. The van der Waals surface area contributed by atoms with Gasteiger partial charge in [-0.3, -0.25) is 4.79 Å². The van der Waals surface area contributed by atoms with Crippen LogP contribution < -0.4 is 10.2 Å². The van der Waals surface area contributed by atoms with Gasteiger partial charge in [0.2, 0.25) is 5.43 Å². The van der Waals surface area contributed by atoms with Crippen LogP contribution in [0.4, 0.5) is 0 Å². The molecular formula is C23H25NO4. The molecule has 0 aliphatic rings. The molecule has 5 heteroatoms. The summed E-state index contributed by atoms with van der Waals surface area (Å²) in [6, 6.07) is 21.3. The van der Waals surface area contributed by atoms with Gasteiger partial charge in [-0.25, -0.2) is 0 Å². The maximum atomic E-state index is 12.2. The molecule has 0 bridgehead atoms. The molecule has 3 rings (SSSR count). The van der Waals surface area contributed by atoms with Crippen molar-refractivity contribution in [3.8, 4) is 5.75 Å². The third-order valence-electron chi connectivity index (χ3n) is 4.33. The first-order chi connectivity index (χ1) is 13.7. The number of hydrogen-bond donors (Lipinski definition) is 0. The Kier molecular flexibility index (Phi) is 7.41. The zero-order valence-electron chi connectivity index (χ0n) is 16.0. The Hall–Kier alpha value is -2.89. The van der Waals surface area contributed by atoms with Crippen LogP contribution in [0, 0.1) is 6.92 Å². The first-order valence-electron chi connectivity index (χ1n) is 9.30. The number of ether oxygens (including phenoxy) is 3. The highest BCUT2D eigenvalue weighted by molar-refractivity contribution is 5.27.